The van der Waals surface area contributed by atoms with Crippen molar-refractivity contribution in [2.24, 2.45) is 17.8 Å². The van der Waals surface area contributed by atoms with Crippen LogP contribution in [0.3, 0.4) is 0 Å². The van der Waals surface area contributed by atoms with E-state index in [1.54, 1.807) is 0 Å². The molecule has 2 saturated carbocycles. The fourth-order valence-corrected chi connectivity index (χ4v) is 6.16. The first-order valence-corrected chi connectivity index (χ1v) is 14.0. The molecule has 1 aromatic rings. The van der Waals surface area contributed by atoms with Crippen molar-refractivity contribution in [1.82, 2.24) is 0 Å². The Morgan fingerprint density at radius 1 is 0.906 bits per heavy atom. The number of rotatable bonds is 11. The Hall–Kier alpha value is -1.03. The second kappa shape index (κ2) is 13.6. The molecule has 3 nitrogen and oxygen atoms in total. The first-order chi connectivity index (χ1) is 15.6. The van der Waals surface area contributed by atoms with E-state index in [2.05, 4.69) is 29.8 Å². The van der Waals surface area contributed by atoms with Gasteiger partial charge in [0.15, 0.2) is 0 Å². The summed E-state index contributed by atoms with van der Waals surface area (Å²) in [6.45, 7) is 5.04. The Kier molecular flexibility index (Phi) is 10.9. The predicted molar refractivity (Wildman–Crippen MR) is 135 cm³/mol. The Morgan fingerprint density at radius 3 is 2.22 bits per heavy atom. The van der Waals surface area contributed by atoms with Crippen molar-refractivity contribution in [2.45, 2.75) is 110 Å². The Morgan fingerprint density at radius 2 is 1.59 bits per heavy atom. The maximum Gasteiger partial charge on any atom is 0.338 e. The number of carbonyl (C=O) groups excluding carboxylic acids is 1. The van der Waals surface area contributed by atoms with Gasteiger partial charge in [-0.25, -0.2) is 4.79 Å². The third-order valence-corrected chi connectivity index (χ3v) is 8.27. The van der Waals surface area contributed by atoms with Crippen LogP contribution >= 0.6 is 15.9 Å². The van der Waals surface area contributed by atoms with E-state index < -0.39 is 0 Å². The summed E-state index contributed by atoms with van der Waals surface area (Å²) in [4.78, 5) is 12.7. The van der Waals surface area contributed by atoms with E-state index in [1.807, 2.05) is 18.2 Å². The van der Waals surface area contributed by atoms with Crippen LogP contribution in [0.4, 0.5) is 0 Å². The fraction of sp³-hybridized carbons (Fsp3) is 0.750. The minimum absolute atomic E-state index is 0.0726. The largest absolute Gasteiger partial charge is 0.492 e. The summed E-state index contributed by atoms with van der Waals surface area (Å²) in [6, 6.07) is 5.48. The number of hydrogen-bond donors (Lipinski definition) is 0. The number of esters is 1. The summed E-state index contributed by atoms with van der Waals surface area (Å²) in [6.07, 6.45) is 18.3. The van der Waals surface area contributed by atoms with Crippen LogP contribution in [0.25, 0.3) is 0 Å². The summed E-state index contributed by atoms with van der Waals surface area (Å²) in [7, 11) is 0. The van der Waals surface area contributed by atoms with Gasteiger partial charge >= 0.3 is 5.97 Å². The van der Waals surface area contributed by atoms with Crippen LogP contribution in [0.2, 0.25) is 0 Å². The molecule has 0 spiro atoms. The molecule has 32 heavy (non-hydrogen) atoms. The van der Waals surface area contributed by atoms with Gasteiger partial charge in [0.05, 0.1) is 16.6 Å². The molecule has 2 fully saturated rings. The lowest BCUT2D eigenvalue weighted by atomic mass is 9.70. The summed E-state index contributed by atoms with van der Waals surface area (Å²) >= 11 is 3.51. The van der Waals surface area contributed by atoms with Gasteiger partial charge in [-0.3, -0.25) is 0 Å². The Balaban J connectivity index is 1.37. The molecule has 0 saturated heterocycles. The van der Waals surface area contributed by atoms with Crippen molar-refractivity contribution in [3.05, 3.63) is 28.2 Å². The second-order valence-electron chi connectivity index (χ2n) is 10.1. The van der Waals surface area contributed by atoms with Crippen molar-refractivity contribution in [2.75, 3.05) is 6.61 Å². The van der Waals surface area contributed by atoms with Gasteiger partial charge in [0.25, 0.3) is 0 Å². The van der Waals surface area contributed by atoms with Crippen LogP contribution in [0.15, 0.2) is 22.7 Å². The number of hydrogen-bond acceptors (Lipinski definition) is 3. The molecule has 0 atom stereocenters. The number of benzene rings is 1. The zero-order chi connectivity index (χ0) is 22.8. The number of halogens is 1. The van der Waals surface area contributed by atoms with E-state index in [0.717, 1.165) is 47.2 Å². The quantitative estimate of drug-likeness (QED) is 0.222. The number of ether oxygens (including phenoxy) is 2. The molecule has 0 N–H and O–H groups in total. The van der Waals surface area contributed by atoms with E-state index >= 15 is 0 Å². The molecule has 2 aliphatic rings. The highest BCUT2D eigenvalue weighted by atomic mass is 79.9. The van der Waals surface area contributed by atoms with Crippen LogP contribution in [-0.4, -0.2) is 18.7 Å². The second-order valence-corrected chi connectivity index (χ2v) is 10.9. The zero-order valence-corrected chi connectivity index (χ0v) is 21.8. The van der Waals surface area contributed by atoms with Crippen molar-refractivity contribution in [3.63, 3.8) is 0 Å². The monoisotopic (exact) mass is 506 g/mol. The van der Waals surface area contributed by atoms with E-state index in [0.29, 0.717) is 12.2 Å². The van der Waals surface area contributed by atoms with Gasteiger partial charge < -0.3 is 9.47 Å². The first-order valence-electron chi connectivity index (χ1n) is 13.2. The standard InChI is InChI=1S/C28H43BrO3/c1-3-5-6-7-8-21-9-11-22(12-10-21)23-13-16-25(17-14-23)32-28(30)24-15-18-27(26(29)20-24)31-19-4-2/h15,18,20-23,25H,3-14,16-17,19H2,1-2H3. The average molecular weight is 508 g/mol. The topological polar surface area (TPSA) is 35.5 Å². The fourth-order valence-electron chi connectivity index (χ4n) is 5.66. The molecule has 180 valence electrons. The van der Waals surface area contributed by atoms with Gasteiger partial charge in [-0.1, -0.05) is 58.8 Å². The van der Waals surface area contributed by atoms with Gasteiger partial charge in [0.2, 0.25) is 0 Å². The summed E-state index contributed by atoms with van der Waals surface area (Å²) in [5.74, 6) is 3.30. The molecule has 0 heterocycles. The van der Waals surface area contributed by atoms with Gasteiger partial charge in [-0.2, -0.15) is 0 Å². The lowest BCUT2D eigenvalue weighted by Gasteiger charge is -2.37. The molecule has 0 amide bonds. The summed E-state index contributed by atoms with van der Waals surface area (Å²) in [5, 5.41) is 0. The van der Waals surface area contributed by atoms with E-state index in [9.17, 15) is 4.79 Å². The molecule has 1 aromatic carbocycles. The van der Waals surface area contributed by atoms with Gasteiger partial charge in [-0.15, -0.1) is 0 Å². The normalized spacial score (nSPS) is 26.0. The highest BCUT2D eigenvalue weighted by molar-refractivity contribution is 9.10. The molecule has 0 aromatic heterocycles. The molecular weight excluding hydrogens is 464 g/mol. The SMILES string of the molecule is CCCCCCC1CCC(C2CCC(OC(=O)c3ccc(OCCC)c(Br)c3)CC2)CC1. The smallest absolute Gasteiger partial charge is 0.338 e. The maximum atomic E-state index is 12.7. The molecule has 0 unspecified atom stereocenters. The van der Waals surface area contributed by atoms with Crippen LogP contribution in [-0.2, 0) is 4.74 Å². The van der Waals surface area contributed by atoms with Crippen molar-refractivity contribution in [3.8, 4) is 5.75 Å². The third-order valence-electron chi connectivity index (χ3n) is 7.65. The molecule has 0 bridgehead atoms. The minimum Gasteiger partial charge on any atom is -0.492 e. The maximum absolute atomic E-state index is 12.7. The van der Waals surface area contributed by atoms with Crippen molar-refractivity contribution < 1.29 is 14.3 Å². The minimum atomic E-state index is -0.209. The molecule has 0 aliphatic heterocycles. The average Bonchev–Trinajstić information content (AvgIpc) is 2.82. The van der Waals surface area contributed by atoms with E-state index in [-0.39, 0.29) is 12.1 Å². The van der Waals surface area contributed by atoms with Gasteiger partial charge in [0, 0.05) is 0 Å². The molecular formula is C28H43BrO3. The highest BCUT2D eigenvalue weighted by Crippen LogP contribution is 2.41. The van der Waals surface area contributed by atoms with Crippen molar-refractivity contribution >= 4 is 21.9 Å². The Labute approximate surface area is 204 Å². The molecule has 2 aliphatic carbocycles. The van der Waals surface area contributed by atoms with Gasteiger partial charge in [-0.05, 0) is 96.8 Å². The van der Waals surface area contributed by atoms with Crippen molar-refractivity contribution in [1.29, 1.82) is 0 Å². The van der Waals surface area contributed by atoms with E-state index in [4.69, 9.17) is 9.47 Å². The van der Waals surface area contributed by atoms with E-state index in [1.165, 1.54) is 70.6 Å². The third kappa shape index (κ3) is 7.78. The van der Waals surface area contributed by atoms with Crippen LogP contribution in [0.1, 0.15) is 114 Å². The predicted octanol–water partition coefficient (Wildman–Crippen LogP) is 8.73. The van der Waals surface area contributed by atoms with Crippen LogP contribution < -0.4 is 4.74 Å². The Bertz CT molecular complexity index is 688. The number of unbranched alkanes of at least 4 members (excludes halogenated alkanes) is 3. The summed E-state index contributed by atoms with van der Waals surface area (Å²) < 4.78 is 12.4. The summed E-state index contributed by atoms with van der Waals surface area (Å²) in [5.41, 5.74) is 0.597. The highest BCUT2D eigenvalue weighted by Gasteiger charge is 2.32. The lowest BCUT2D eigenvalue weighted by molar-refractivity contribution is 0.0109. The lowest BCUT2D eigenvalue weighted by Crippen LogP contribution is -2.29. The molecule has 4 heteroatoms. The first kappa shape index (κ1) is 25.6. The van der Waals surface area contributed by atoms with Gasteiger partial charge in [0.1, 0.15) is 11.9 Å². The molecule has 3 rings (SSSR count). The van der Waals surface area contributed by atoms with Crippen LogP contribution in [0, 0.1) is 17.8 Å². The number of carbonyl (C=O) groups is 1. The van der Waals surface area contributed by atoms with Crippen LogP contribution in [0.5, 0.6) is 5.75 Å². The zero-order valence-electron chi connectivity index (χ0n) is 20.3. The molecule has 0 radical (unpaired) electrons.